The van der Waals surface area contributed by atoms with Gasteiger partial charge in [0, 0.05) is 47.6 Å². The van der Waals surface area contributed by atoms with Crippen LogP contribution < -0.4 is 9.47 Å². The van der Waals surface area contributed by atoms with Crippen molar-refractivity contribution < 1.29 is 23.7 Å². The van der Waals surface area contributed by atoms with Gasteiger partial charge in [0.25, 0.3) is 0 Å². The van der Waals surface area contributed by atoms with Crippen molar-refractivity contribution >= 4 is 16.9 Å². The summed E-state index contributed by atoms with van der Waals surface area (Å²) in [7, 11) is 4.75. The van der Waals surface area contributed by atoms with Crippen LogP contribution in [0.4, 0.5) is 0 Å². The number of nitrogens with one attached hydrogen (secondary N) is 1. The molecule has 4 heterocycles. The highest BCUT2D eigenvalue weighted by Crippen LogP contribution is 2.48. The van der Waals surface area contributed by atoms with E-state index in [9.17, 15) is 4.79 Å². The molecule has 0 aliphatic carbocycles. The van der Waals surface area contributed by atoms with E-state index >= 15 is 0 Å². The molecule has 30 heavy (non-hydrogen) atoms. The van der Waals surface area contributed by atoms with Crippen molar-refractivity contribution in [3.05, 3.63) is 35.2 Å². The van der Waals surface area contributed by atoms with Crippen LogP contribution in [0.1, 0.15) is 30.6 Å². The normalized spacial score (nSPS) is 27.9. The smallest absolute Gasteiger partial charge is 0.337 e. The van der Waals surface area contributed by atoms with Gasteiger partial charge in [-0.05, 0) is 31.4 Å². The summed E-state index contributed by atoms with van der Waals surface area (Å²) in [6, 6.07) is 4.32. The van der Waals surface area contributed by atoms with Crippen molar-refractivity contribution in [2.24, 2.45) is 11.8 Å². The number of H-pyrrole nitrogens is 1. The summed E-state index contributed by atoms with van der Waals surface area (Å²) in [5, 5.41) is 1.19. The van der Waals surface area contributed by atoms with Crippen LogP contribution in [0.25, 0.3) is 10.9 Å². The lowest BCUT2D eigenvalue weighted by atomic mass is 9.72. The van der Waals surface area contributed by atoms with Crippen LogP contribution in [0.15, 0.2) is 24.0 Å². The van der Waals surface area contributed by atoms with Crippen LogP contribution in [0.2, 0.25) is 0 Å². The second-order valence-corrected chi connectivity index (χ2v) is 8.44. The molecular formula is C23H28N2O5. The number of piperidine rings is 1. The Labute approximate surface area is 175 Å². The molecule has 0 bridgehead atoms. The van der Waals surface area contributed by atoms with Crippen LogP contribution in [0.3, 0.4) is 0 Å². The summed E-state index contributed by atoms with van der Waals surface area (Å²) in [6.07, 6.45) is 3.56. The van der Waals surface area contributed by atoms with Gasteiger partial charge in [0.2, 0.25) is 0 Å². The predicted molar refractivity (Wildman–Crippen MR) is 112 cm³/mol. The third-order valence-corrected chi connectivity index (χ3v) is 7.14. The molecule has 1 saturated heterocycles. The maximum absolute atomic E-state index is 12.4. The third kappa shape index (κ3) is 2.79. The topological polar surface area (TPSA) is 73.0 Å². The maximum Gasteiger partial charge on any atom is 0.337 e. The molecule has 1 N–H and O–H groups in total. The zero-order chi connectivity index (χ0) is 21.0. The summed E-state index contributed by atoms with van der Waals surface area (Å²) in [4.78, 5) is 18.6. The molecule has 0 amide bonds. The SMILES string of the molecule is COC(=O)C1=CO[C@H](C)[C@H]2CN3CCc4c([nH]c5cc(OC)c(OC)cc45)[C@@H]3C[C@H]12. The first-order valence-corrected chi connectivity index (χ1v) is 10.5. The maximum atomic E-state index is 12.4. The highest BCUT2D eigenvalue weighted by Gasteiger charge is 2.47. The first kappa shape index (κ1) is 19.3. The average molecular weight is 412 g/mol. The minimum absolute atomic E-state index is 0.0852. The highest BCUT2D eigenvalue weighted by molar-refractivity contribution is 5.89. The van der Waals surface area contributed by atoms with Crippen molar-refractivity contribution in [1.82, 2.24) is 9.88 Å². The number of aromatic nitrogens is 1. The molecule has 0 saturated carbocycles. The molecule has 1 aromatic carbocycles. The number of methoxy groups -OCH3 is 3. The van der Waals surface area contributed by atoms with Gasteiger partial charge in [-0.2, -0.15) is 0 Å². The van der Waals surface area contributed by atoms with Crippen molar-refractivity contribution in [2.45, 2.75) is 31.9 Å². The molecule has 160 valence electrons. The van der Waals surface area contributed by atoms with Crippen molar-refractivity contribution in [2.75, 3.05) is 34.4 Å². The molecule has 1 fully saturated rings. The molecule has 0 radical (unpaired) electrons. The van der Waals surface area contributed by atoms with Gasteiger partial charge < -0.3 is 23.9 Å². The molecule has 3 aliphatic heterocycles. The van der Waals surface area contributed by atoms with Crippen molar-refractivity contribution in [3.63, 3.8) is 0 Å². The first-order valence-electron chi connectivity index (χ1n) is 10.5. The summed E-state index contributed by atoms with van der Waals surface area (Å²) < 4.78 is 21.9. The standard InChI is InChI=1S/C23H28N2O5/c1-12-16-10-25-6-5-13-15-8-20(27-2)21(28-3)9-18(15)24-22(13)19(25)7-14(16)17(11-30-12)23(26)29-4/h8-9,11-12,14,16,19,24H,5-7,10H2,1-4H3/t12-,14+,16-,19+/m1/s1. The number of rotatable bonds is 3. The quantitative estimate of drug-likeness (QED) is 0.781. The zero-order valence-corrected chi connectivity index (χ0v) is 17.9. The lowest BCUT2D eigenvalue weighted by molar-refractivity contribution is -0.139. The van der Waals surface area contributed by atoms with E-state index in [2.05, 4.69) is 22.9 Å². The van der Waals surface area contributed by atoms with E-state index in [-0.39, 0.29) is 30.0 Å². The van der Waals surface area contributed by atoms with Crippen LogP contribution in [-0.2, 0) is 20.7 Å². The number of hydrogen-bond acceptors (Lipinski definition) is 6. The van der Waals surface area contributed by atoms with Gasteiger partial charge in [-0.3, -0.25) is 4.90 Å². The largest absolute Gasteiger partial charge is 0.497 e. The number of aromatic amines is 1. The Bertz CT molecular complexity index is 1030. The number of benzene rings is 1. The molecule has 1 aromatic heterocycles. The molecule has 4 atom stereocenters. The lowest BCUT2D eigenvalue weighted by Gasteiger charge is -2.49. The van der Waals surface area contributed by atoms with Gasteiger partial charge in [-0.25, -0.2) is 4.79 Å². The molecule has 5 rings (SSSR count). The summed E-state index contributed by atoms with van der Waals surface area (Å²) in [5.74, 6) is 1.59. The Balaban J connectivity index is 1.56. The fourth-order valence-electron chi connectivity index (χ4n) is 5.56. The van der Waals surface area contributed by atoms with Crippen LogP contribution in [-0.4, -0.2) is 56.4 Å². The van der Waals surface area contributed by atoms with E-state index < -0.39 is 0 Å². The third-order valence-electron chi connectivity index (χ3n) is 7.14. The van der Waals surface area contributed by atoms with E-state index in [1.807, 2.05) is 6.07 Å². The van der Waals surface area contributed by atoms with E-state index in [4.69, 9.17) is 18.9 Å². The van der Waals surface area contributed by atoms with Gasteiger partial charge in [0.15, 0.2) is 11.5 Å². The molecule has 7 heteroatoms. The van der Waals surface area contributed by atoms with E-state index in [1.54, 1.807) is 20.5 Å². The van der Waals surface area contributed by atoms with Gasteiger partial charge in [0.1, 0.15) is 0 Å². The fourth-order valence-corrected chi connectivity index (χ4v) is 5.56. The molecular weight excluding hydrogens is 384 g/mol. The number of nitrogens with zero attached hydrogens (tertiary/aromatic N) is 1. The molecule has 0 spiro atoms. The van der Waals surface area contributed by atoms with E-state index in [0.29, 0.717) is 5.57 Å². The number of carbonyl (C=O) groups excluding carboxylic acids is 1. The number of hydrogen-bond donors (Lipinski definition) is 1. The van der Waals surface area contributed by atoms with Crippen molar-refractivity contribution in [1.29, 1.82) is 0 Å². The van der Waals surface area contributed by atoms with Gasteiger partial charge in [0.05, 0.1) is 45.3 Å². The number of esters is 1. The van der Waals surface area contributed by atoms with E-state index in [0.717, 1.165) is 42.9 Å². The summed E-state index contributed by atoms with van der Waals surface area (Å²) in [5.41, 5.74) is 4.31. The Morgan fingerprint density at radius 3 is 2.70 bits per heavy atom. The van der Waals surface area contributed by atoms with E-state index in [1.165, 1.54) is 23.8 Å². The Morgan fingerprint density at radius 2 is 1.97 bits per heavy atom. The van der Waals surface area contributed by atoms with Crippen LogP contribution in [0.5, 0.6) is 11.5 Å². The van der Waals surface area contributed by atoms with Gasteiger partial charge in [-0.15, -0.1) is 0 Å². The Hall–Kier alpha value is -2.67. The van der Waals surface area contributed by atoms with Crippen LogP contribution in [0, 0.1) is 11.8 Å². The minimum Gasteiger partial charge on any atom is -0.497 e. The molecule has 2 aromatic rings. The fraction of sp³-hybridized carbons (Fsp3) is 0.522. The van der Waals surface area contributed by atoms with Gasteiger partial charge >= 0.3 is 5.97 Å². The number of carbonyl (C=O) groups is 1. The highest BCUT2D eigenvalue weighted by atomic mass is 16.5. The molecule has 3 aliphatic rings. The minimum atomic E-state index is -0.285. The van der Waals surface area contributed by atoms with Crippen molar-refractivity contribution in [3.8, 4) is 11.5 Å². The Kier molecular flexibility index (Phi) is 4.65. The second kappa shape index (κ2) is 7.23. The summed E-state index contributed by atoms with van der Waals surface area (Å²) in [6.45, 7) is 4.00. The average Bonchev–Trinajstić information content (AvgIpc) is 3.14. The lowest BCUT2D eigenvalue weighted by Crippen LogP contribution is -2.51. The van der Waals surface area contributed by atoms with Gasteiger partial charge in [-0.1, -0.05) is 0 Å². The Morgan fingerprint density at radius 1 is 1.20 bits per heavy atom. The summed E-state index contributed by atoms with van der Waals surface area (Å²) >= 11 is 0. The molecule has 7 nitrogen and oxygen atoms in total. The number of ether oxygens (including phenoxy) is 4. The zero-order valence-electron chi connectivity index (χ0n) is 17.9. The predicted octanol–water partition coefficient (Wildman–Crippen LogP) is 3.20. The first-order chi connectivity index (χ1) is 14.5. The molecule has 0 unspecified atom stereocenters. The second-order valence-electron chi connectivity index (χ2n) is 8.44. The number of fused-ring (bicyclic) bond motifs is 6. The van der Waals surface area contributed by atoms with Crippen LogP contribution >= 0.6 is 0 Å². The monoisotopic (exact) mass is 412 g/mol.